The number of nitrogens with zero attached hydrogens (tertiary/aromatic N) is 1. The molecule has 0 amide bonds. The lowest BCUT2D eigenvalue weighted by atomic mass is 9.89. The summed E-state index contributed by atoms with van der Waals surface area (Å²) in [6, 6.07) is 5.20. The van der Waals surface area contributed by atoms with E-state index in [0.29, 0.717) is 28.0 Å². The van der Waals surface area contributed by atoms with Gasteiger partial charge in [-0.05, 0) is 36.5 Å². The summed E-state index contributed by atoms with van der Waals surface area (Å²) < 4.78 is 0. The maximum absolute atomic E-state index is 12.0. The number of nitrogen functional groups attached to an aromatic ring is 1. The van der Waals surface area contributed by atoms with Crippen LogP contribution in [-0.4, -0.2) is 16.5 Å². The molecule has 2 aromatic rings. The quantitative estimate of drug-likeness (QED) is 0.750. The molecule has 0 spiro atoms. The monoisotopic (exact) mass is 272 g/mol. The summed E-state index contributed by atoms with van der Waals surface area (Å²) in [6.45, 7) is 3.13. The molecule has 1 saturated carbocycles. The molecule has 4 N–H and O–H groups in total. The van der Waals surface area contributed by atoms with Gasteiger partial charge in [0.25, 0.3) is 5.56 Å². The van der Waals surface area contributed by atoms with Crippen LogP contribution >= 0.6 is 0 Å². The fourth-order valence-corrected chi connectivity index (χ4v) is 2.94. The molecule has 1 aliphatic carbocycles. The molecule has 1 aromatic carbocycles. The third-order valence-electron chi connectivity index (χ3n) is 4.22. The van der Waals surface area contributed by atoms with Gasteiger partial charge < -0.3 is 11.1 Å². The number of benzene rings is 1. The van der Waals surface area contributed by atoms with Crippen LogP contribution in [0.15, 0.2) is 23.0 Å². The SMILES string of the molecule is CC1(CNc2nc3ccc(N)cc3c(=O)[nH]2)CCCC1. The van der Waals surface area contributed by atoms with Crippen LogP contribution in [0.1, 0.15) is 32.6 Å². The topological polar surface area (TPSA) is 83.8 Å². The average Bonchev–Trinajstić information content (AvgIpc) is 2.85. The second-order valence-corrected chi connectivity index (χ2v) is 6.06. The first-order chi connectivity index (χ1) is 9.56. The van der Waals surface area contributed by atoms with E-state index < -0.39 is 0 Å². The van der Waals surface area contributed by atoms with Crippen molar-refractivity contribution in [1.29, 1.82) is 0 Å². The van der Waals surface area contributed by atoms with Gasteiger partial charge in [0.1, 0.15) is 0 Å². The summed E-state index contributed by atoms with van der Waals surface area (Å²) in [7, 11) is 0. The summed E-state index contributed by atoms with van der Waals surface area (Å²) in [5.74, 6) is 0.542. The minimum absolute atomic E-state index is 0.152. The molecule has 1 aliphatic rings. The zero-order valence-corrected chi connectivity index (χ0v) is 11.7. The van der Waals surface area contributed by atoms with Gasteiger partial charge in [0.15, 0.2) is 0 Å². The molecule has 0 atom stereocenters. The number of nitrogens with one attached hydrogen (secondary N) is 2. The van der Waals surface area contributed by atoms with Gasteiger partial charge in [-0.25, -0.2) is 4.98 Å². The van der Waals surface area contributed by atoms with Crippen LogP contribution in [0.25, 0.3) is 10.9 Å². The molecule has 3 rings (SSSR count). The molecule has 1 fully saturated rings. The zero-order valence-electron chi connectivity index (χ0n) is 11.7. The third-order valence-corrected chi connectivity index (χ3v) is 4.22. The van der Waals surface area contributed by atoms with Crippen LogP contribution in [0.3, 0.4) is 0 Å². The summed E-state index contributed by atoms with van der Waals surface area (Å²) in [6.07, 6.45) is 5.04. The van der Waals surface area contributed by atoms with Crippen molar-refractivity contribution in [3.63, 3.8) is 0 Å². The normalized spacial score (nSPS) is 17.4. The van der Waals surface area contributed by atoms with Crippen molar-refractivity contribution < 1.29 is 0 Å². The highest BCUT2D eigenvalue weighted by Crippen LogP contribution is 2.37. The Kier molecular flexibility index (Phi) is 3.12. The number of anilines is 2. The first kappa shape index (κ1) is 13.0. The lowest BCUT2D eigenvalue weighted by Gasteiger charge is -2.23. The van der Waals surface area contributed by atoms with Crippen LogP contribution in [0.2, 0.25) is 0 Å². The molecule has 20 heavy (non-hydrogen) atoms. The van der Waals surface area contributed by atoms with E-state index >= 15 is 0 Å². The molecule has 0 unspecified atom stereocenters. The summed E-state index contributed by atoms with van der Waals surface area (Å²) in [5, 5.41) is 3.81. The number of aromatic amines is 1. The Morgan fingerprint density at radius 3 is 2.90 bits per heavy atom. The van der Waals surface area contributed by atoms with Crippen molar-refractivity contribution in [2.24, 2.45) is 5.41 Å². The molecule has 5 nitrogen and oxygen atoms in total. The van der Waals surface area contributed by atoms with Crippen molar-refractivity contribution in [3.8, 4) is 0 Å². The van der Waals surface area contributed by atoms with E-state index in [2.05, 4.69) is 22.2 Å². The Hall–Kier alpha value is -2.04. The molecular weight excluding hydrogens is 252 g/mol. The highest BCUT2D eigenvalue weighted by molar-refractivity contribution is 5.81. The van der Waals surface area contributed by atoms with Crippen LogP contribution in [0.5, 0.6) is 0 Å². The maximum atomic E-state index is 12.0. The van der Waals surface area contributed by atoms with Crippen LogP contribution in [0.4, 0.5) is 11.6 Å². The smallest absolute Gasteiger partial charge is 0.260 e. The van der Waals surface area contributed by atoms with Crippen LogP contribution in [0, 0.1) is 5.41 Å². The van der Waals surface area contributed by atoms with Crippen molar-refractivity contribution in [3.05, 3.63) is 28.6 Å². The van der Waals surface area contributed by atoms with E-state index in [4.69, 9.17) is 5.73 Å². The van der Waals surface area contributed by atoms with Crippen molar-refractivity contribution in [2.45, 2.75) is 32.6 Å². The molecule has 1 aromatic heterocycles. The Labute approximate surface area is 117 Å². The number of rotatable bonds is 3. The largest absolute Gasteiger partial charge is 0.399 e. The number of H-pyrrole nitrogens is 1. The Morgan fingerprint density at radius 1 is 1.40 bits per heavy atom. The lowest BCUT2D eigenvalue weighted by Crippen LogP contribution is -2.25. The Balaban J connectivity index is 1.85. The van der Waals surface area contributed by atoms with Crippen molar-refractivity contribution >= 4 is 22.5 Å². The van der Waals surface area contributed by atoms with Gasteiger partial charge in [-0.15, -0.1) is 0 Å². The van der Waals surface area contributed by atoms with Gasteiger partial charge in [0.05, 0.1) is 10.9 Å². The minimum Gasteiger partial charge on any atom is -0.399 e. The number of hydrogen-bond acceptors (Lipinski definition) is 4. The van der Waals surface area contributed by atoms with Gasteiger partial charge in [-0.1, -0.05) is 19.8 Å². The van der Waals surface area contributed by atoms with E-state index in [0.717, 1.165) is 6.54 Å². The first-order valence-corrected chi connectivity index (χ1v) is 7.09. The van der Waals surface area contributed by atoms with Crippen LogP contribution < -0.4 is 16.6 Å². The van der Waals surface area contributed by atoms with Crippen molar-refractivity contribution in [2.75, 3.05) is 17.6 Å². The van der Waals surface area contributed by atoms with E-state index in [-0.39, 0.29) is 5.56 Å². The zero-order chi connectivity index (χ0) is 14.2. The predicted molar refractivity (Wildman–Crippen MR) is 81.8 cm³/mol. The number of aromatic nitrogens is 2. The molecular formula is C15H20N4O. The molecule has 0 bridgehead atoms. The fourth-order valence-electron chi connectivity index (χ4n) is 2.94. The van der Waals surface area contributed by atoms with E-state index in [1.54, 1.807) is 18.2 Å². The maximum Gasteiger partial charge on any atom is 0.260 e. The molecule has 106 valence electrons. The Bertz CT molecular complexity index is 686. The van der Waals surface area contributed by atoms with Crippen molar-refractivity contribution in [1.82, 2.24) is 9.97 Å². The summed E-state index contributed by atoms with van der Waals surface area (Å²) in [4.78, 5) is 19.3. The van der Waals surface area contributed by atoms with Gasteiger partial charge in [-0.3, -0.25) is 9.78 Å². The highest BCUT2D eigenvalue weighted by atomic mass is 16.1. The van der Waals surface area contributed by atoms with Crippen LogP contribution in [-0.2, 0) is 0 Å². The summed E-state index contributed by atoms with van der Waals surface area (Å²) in [5.41, 5.74) is 7.10. The van der Waals surface area contributed by atoms with Gasteiger partial charge in [-0.2, -0.15) is 0 Å². The minimum atomic E-state index is -0.152. The molecule has 0 radical (unpaired) electrons. The molecule has 5 heteroatoms. The second-order valence-electron chi connectivity index (χ2n) is 6.06. The molecule has 0 aliphatic heterocycles. The number of fused-ring (bicyclic) bond motifs is 1. The van der Waals surface area contributed by atoms with E-state index in [1.807, 2.05) is 0 Å². The summed E-state index contributed by atoms with van der Waals surface area (Å²) >= 11 is 0. The predicted octanol–water partition coefficient (Wildman–Crippen LogP) is 2.50. The van der Waals surface area contributed by atoms with Gasteiger partial charge in [0.2, 0.25) is 5.95 Å². The van der Waals surface area contributed by atoms with E-state index in [1.165, 1.54) is 25.7 Å². The highest BCUT2D eigenvalue weighted by Gasteiger charge is 2.28. The molecule has 0 saturated heterocycles. The average molecular weight is 272 g/mol. The first-order valence-electron chi connectivity index (χ1n) is 7.09. The number of nitrogens with two attached hydrogens (primary N) is 1. The Morgan fingerprint density at radius 2 is 2.15 bits per heavy atom. The second kappa shape index (κ2) is 4.81. The fraction of sp³-hybridized carbons (Fsp3) is 0.467. The van der Waals surface area contributed by atoms with E-state index in [9.17, 15) is 4.79 Å². The lowest BCUT2D eigenvalue weighted by molar-refractivity contribution is 0.361. The third kappa shape index (κ3) is 2.48. The standard InChI is InChI=1S/C15H20N4O/c1-15(6-2-3-7-15)9-17-14-18-12-5-4-10(16)8-11(12)13(20)19-14/h4-5,8H,2-3,6-7,9,16H2,1H3,(H2,17,18,19,20). The van der Waals surface area contributed by atoms with Gasteiger partial charge in [0, 0.05) is 12.2 Å². The molecule has 1 heterocycles. The number of hydrogen-bond donors (Lipinski definition) is 3. The van der Waals surface area contributed by atoms with Gasteiger partial charge >= 0.3 is 0 Å².